The fraction of sp³-hybridized carbons (Fsp3) is 0.333. The molecule has 0 aliphatic carbocycles. The summed E-state index contributed by atoms with van der Waals surface area (Å²) in [6.45, 7) is 0. The summed E-state index contributed by atoms with van der Waals surface area (Å²) in [5.41, 5.74) is -2.00. The zero-order valence-corrected chi connectivity index (χ0v) is 8.76. The van der Waals surface area contributed by atoms with E-state index in [1.807, 2.05) is 0 Å². The second-order valence-electron chi connectivity index (χ2n) is 2.88. The number of ether oxygens (including phenoxy) is 2. The molecular weight excluding hydrogens is 263 g/mol. The van der Waals surface area contributed by atoms with Gasteiger partial charge in [-0.1, -0.05) is 0 Å². The van der Waals surface area contributed by atoms with Crippen molar-refractivity contribution in [2.45, 2.75) is 12.8 Å². The molecule has 0 spiro atoms. The molecule has 0 saturated carbocycles. The standard InChI is InChI=1S/C9H5F5N2O2/c1-17-8-6(7(10)11)4(2-15)5(3-16-8)18-9(12,13)14/h3,7H,1H3. The lowest BCUT2D eigenvalue weighted by molar-refractivity contribution is -0.274. The van der Waals surface area contributed by atoms with E-state index in [9.17, 15) is 22.0 Å². The van der Waals surface area contributed by atoms with Gasteiger partial charge in [-0.3, -0.25) is 0 Å². The van der Waals surface area contributed by atoms with Gasteiger partial charge in [-0.05, 0) is 0 Å². The van der Waals surface area contributed by atoms with Crippen molar-refractivity contribution in [3.8, 4) is 17.7 Å². The number of pyridine rings is 1. The van der Waals surface area contributed by atoms with E-state index < -0.39 is 35.5 Å². The molecule has 0 N–H and O–H groups in total. The first kappa shape index (κ1) is 14.0. The van der Waals surface area contributed by atoms with Gasteiger partial charge in [0.1, 0.15) is 17.2 Å². The maximum Gasteiger partial charge on any atom is 0.573 e. The third-order valence-corrected chi connectivity index (χ3v) is 1.79. The van der Waals surface area contributed by atoms with Gasteiger partial charge in [0.2, 0.25) is 5.88 Å². The molecular formula is C9H5F5N2O2. The molecule has 1 aromatic heterocycles. The van der Waals surface area contributed by atoms with Crippen LogP contribution in [-0.4, -0.2) is 18.5 Å². The predicted octanol–water partition coefficient (Wildman–Crippen LogP) is 2.80. The van der Waals surface area contributed by atoms with Gasteiger partial charge in [0, 0.05) is 0 Å². The maximum absolute atomic E-state index is 12.7. The van der Waals surface area contributed by atoms with Crippen LogP contribution in [0.5, 0.6) is 11.6 Å². The SMILES string of the molecule is COc1ncc(OC(F)(F)F)c(C#N)c1C(F)F. The number of hydrogen-bond donors (Lipinski definition) is 0. The lowest BCUT2D eigenvalue weighted by Crippen LogP contribution is -2.18. The Labute approximate surface area is 97.6 Å². The fourth-order valence-corrected chi connectivity index (χ4v) is 1.17. The number of aromatic nitrogens is 1. The molecule has 0 aromatic carbocycles. The molecule has 0 amide bonds. The Kier molecular flexibility index (Phi) is 3.90. The molecule has 0 bridgehead atoms. The van der Waals surface area contributed by atoms with E-state index in [1.165, 1.54) is 6.07 Å². The highest BCUT2D eigenvalue weighted by atomic mass is 19.4. The van der Waals surface area contributed by atoms with Crippen molar-refractivity contribution in [2.24, 2.45) is 0 Å². The van der Waals surface area contributed by atoms with E-state index >= 15 is 0 Å². The number of nitrogens with zero attached hydrogens (tertiary/aromatic N) is 2. The Morgan fingerprint density at radius 1 is 1.39 bits per heavy atom. The molecule has 0 radical (unpaired) electrons. The lowest BCUT2D eigenvalue weighted by Gasteiger charge is -2.14. The summed E-state index contributed by atoms with van der Waals surface area (Å²) in [5.74, 6) is -1.72. The summed E-state index contributed by atoms with van der Waals surface area (Å²) in [6, 6.07) is 1.22. The van der Waals surface area contributed by atoms with Crippen molar-refractivity contribution in [3.63, 3.8) is 0 Å². The van der Waals surface area contributed by atoms with E-state index in [0.717, 1.165) is 7.11 Å². The monoisotopic (exact) mass is 268 g/mol. The van der Waals surface area contributed by atoms with Crippen LogP contribution in [0.15, 0.2) is 6.20 Å². The first-order chi connectivity index (χ1) is 8.30. The zero-order chi connectivity index (χ0) is 13.9. The van der Waals surface area contributed by atoms with Crippen molar-refractivity contribution in [1.82, 2.24) is 4.98 Å². The summed E-state index contributed by atoms with van der Waals surface area (Å²) in [4.78, 5) is 3.23. The molecule has 0 atom stereocenters. The number of hydrogen-bond acceptors (Lipinski definition) is 4. The van der Waals surface area contributed by atoms with E-state index in [0.29, 0.717) is 6.20 Å². The van der Waals surface area contributed by atoms with Crippen molar-refractivity contribution in [3.05, 3.63) is 17.3 Å². The van der Waals surface area contributed by atoms with Crippen LogP contribution in [0.1, 0.15) is 17.6 Å². The van der Waals surface area contributed by atoms with Crippen molar-refractivity contribution in [1.29, 1.82) is 5.26 Å². The predicted molar refractivity (Wildman–Crippen MR) is 47.1 cm³/mol. The molecule has 1 heterocycles. The van der Waals surface area contributed by atoms with Gasteiger partial charge < -0.3 is 9.47 Å². The first-order valence-corrected chi connectivity index (χ1v) is 4.31. The Hall–Kier alpha value is -2.11. The molecule has 1 aromatic rings. The van der Waals surface area contributed by atoms with Gasteiger partial charge in [-0.15, -0.1) is 13.2 Å². The van der Waals surface area contributed by atoms with E-state index in [4.69, 9.17) is 5.26 Å². The second kappa shape index (κ2) is 5.03. The first-order valence-electron chi connectivity index (χ1n) is 4.31. The minimum absolute atomic E-state index is 0.497. The minimum atomic E-state index is -5.11. The summed E-state index contributed by atoms with van der Waals surface area (Å²) in [6.07, 6.45) is -7.84. The Balaban J connectivity index is 3.39. The number of alkyl halides is 5. The Morgan fingerprint density at radius 2 is 2.00 bits per heavy atom. The van der Waals surface area contributed by atoms with Crippen molar-refractivity contribution < 1.29 is 31.4 Å². The highest BCUT2D eigenvalue weighted by Gasteiger charge is 2.34. The third-order valence-electron chi connectivity index (χ3n) is 1.79. The highest BCUT2D eigenvalue weighted by Crippen LogP contribution is 2.36. The summed E-state index contributed by atoms with van der Waals surface area (Å²) in [5, 5.41) is 8.65. The molecule has 1 rings (SSSR count). The molecule has 0 saturated heterocycles. The van der Waals surface area contributed by atoms with Crippen LogP contribution < -0.4 is 9.47 Å². The van der Waals surface area contributed by atoms with Crippen LogP contribution in [0, 0.1) is 11.3 Å². The van der Waals surface area contributed by atoms with E-state index in [1.54, 1.807) is 0 Å². The molecule has 98 valence electrons. The fourth-order valence-electron chi connectivity index (χ4n) is 1.17. The average Bonchev–Trinajstić information content (AvgIpc) is 2.26. The van der Waals surface area contributed by atoms with Crippen LogP contribution >= 0.6 is 0 Å². The van der Waals surface area contributed by atoms with Gasteiger partial charge in [0.05, 0.1) is 13.3 Å². The largest absolute Gasteiger partial charge is 0.573 e. The van der Waals surface area contributed by atoms with E-state index in [2.05, 4.69) is 14.5 Å². The average molecular weight is 268 g/mol. The molecule has 4 nitrogen and oxygen atoms in total. The van der Waals surface area contributed by atoms with Crippen LogP contribution in [0.25, 0.3) is 0 Å². The maximum atomic E-state index is 12.7. The molecule has 0 aliphatic heterocycles. The van der Waals surface area contributed by atoms with Gasteiger partial charge in [0.15, 0.2) is 5.75 Å². The molecule has 18 heavy (non-hydrogen) atoms. The molecule has 9 heteroatoms. The van der Waals surface area contributed by atoms with Crippen LogP contribution in [0.3, 0.4) is 0 Å². The van der Waals surface area contributed by atoms with Crippen molar-refractivity contribution >= 4 is 0 Å². The van der Waals surface area contributed by atoms with Crippen LogP contribution in [0.4, 0.5) is 22.0 Å². The van der Waals surface area contributed by atoms with Gasteiger partial charge in [-0.2, -0.15) is 5.26 Å². The third kappa shape index (κ3) is 2.97. The summed E-state index contributed by atoms with van der Waals surface area (Å²) < 4.78 is 69.2. The second-order valence-corrected chi connectivity index (χ2v) is 2.88. The van der Waals surface area contributed by atoms with E-state index in [-0.39, 0.29) is 0 Å². The van der Waals surface area contributed by atoms with Crippen LogP contribution in [0.2, 0.25) is 0 Å². The molecule has 0 unspecified atom stereocenters. The number of halogens is 5. The van der Waals surface area contributed by atoms with Gasteiger partial charge in [-0.25, -0.2) is 13.8 Å². The Bertz CT molecular complexity index is 481. The summed E-state index contributed by atoms with van der Waals surface area (Å²) >= 11 is 0. The highest BCUT2D eigenvalue weighted by molar-refractivity contribution is 5.52. The number of nitriles is 1. The lowest BCUT2D eigenvalue weighted by atomic mass is 10.1. The van der Waals surface area contributed by atoms with Gasteiger partial charge in [0.25, 0.3) is 6.43 Å². The topological polar surface area (TPSA) is 55.1 Å². The normalized spacial score (nSPS) is 11.2. The van der Waals surface area contributed by atoms with Crippen LogP contribution in [-0.2, 0) is 0 Å². The van der Waals surface area contributed by atoms with Crippen molar-refractivity contribution in [2.75, 3.05) is 7.11 Å². The number of methoxy groups -OCH3 is 1. The molecule has 0 fully saturated rings. The number of rotatable bonds is 3. The quantitative estimate of drug-likeness (QED) is 0.791. The zero-order valence-electron chi connectivity index (χ0n) is 8.76. The minimum Gasteiger partial charge on any atom is -0.481 e. The molecule has 0 aliphatic rings. The van der Waals surface area contributed by atoms with Gasteiger partial charge >= 0.3 is 6.36 Å². The summed E-state index contributed by atoms with van der Waals surface area (Å²) in [7, 11) is 1.000. The smallest absolute Gasteiger partial charge is 0.481 e. The Morgan fingerprint density at radius 3 is 2.39 bits per heavy atom.